The molecule has 0 aliphatic heterocycles. The molecule has 0 aliphatic carbocycles. The van der Waals surface area contributed by atoms with E-state index in [1.807, 2.05) is 36.4 Å². The molecule has 3 nitrogen and oxygen atoms in total. The van der Waals surface area contributed by atoms with E-state index in [9.17, 15) is 0 Å². The summed E-state index contributed by atoms with van der Waals surface area (Å²) in [7, 11) is 3.43. The summed E-state index contributed by atoms with van der Waals surface area (Å²) < 4.78 is 16.5. The molecule has 2 rings (SSSR count). The number of ether oxygens (including phenoxy) is 3. The van der Waals surface area contributed by atoms with Gasteiger partial charge in [-0.2, -0.15) is 0 Å². The number of aryl methyl sites for hydroxylation is 2. The summed E-state index contributed by atoms with van der Waals surface area (Å²) in [6, 6.07) is 16.3. The van der Waals surface area contributed by atoms with Crippen LogP contribution in [-0.4, -0.2) is 27.4 Å². The number of rotatable bonds is 10. The lowest BCUT2D eigenvalue weighted by Gasteiger charge is -2.09. The van der Waals surface area contributed by atoms with Gasteiger partial charge in [-0.25, -0.2) is 0 Å². The molecular formula is C20H26O3. The first kappa shape index (κ1) is 17.4. The van der Waals surface area contributed by atoms with E-state index in [0.717, 1.165) is 50.4 Å². The summed E-state index contributed by atoms with van der Waals surface area (Å²) in [4.78, 5) is 0. The second-order valence-corrected chi connectivity index (χ2v) is 5.44. The van der Waals surface area contributed by atoms with Gasteiger partial charge in [-0.1, -0.05) is 36.4 Å². The quantitative estimate of drug-likeness (QED) is 0.612. The zero-order valence-corrected chi connectivity index (χ0v) is 14.1. The maximum absolute atomic E-state index is 5.74. The minimum atomic E-state index is 0.782. The van der Waals surface area contributed by atoms with Crippen molar-refractivity contribution in [2.75, 3.05) is 27.4 Å². The van der Waals surface area contributed by atoms with Gasteiger partial charge < -0.3 is 14.2 Å². The molecule has 3 heteroatoms. The van der Waals surface area contributed by atoms with E-state index < -0.39 is 0 Å². The average molecular weight is 314 g/mol. The lowest BCUT2D eigenvalue weighted by Crippen LogP contribution is -2.01. The van der Waals surface area contributed by atoms with Gasteiger partial charge in [0.2, 0.25) is 0 Å². The van der Waals surface area contributed by atoms with Crippen molar-refractivity contribution in [1.82, 2.24) is 0 Å². The molecule has 2 aromatic carbocycles. The monoisotopic (exact) mass is 314 g/mol. The Kier molecular flexibility index (Phi) is 7.47. The van der Waals surface area contributed by atoms with E-state index in [2.05, 4.69) is 12.1 Å². The van der Waals surface area contributed by atoms with Crippen molar-refractivity contribution in [3.63, 3.8) is 0 Å². The van der Waals surface area contributed by atoms with Crippen LogP contribution in [-0.2, 0) is 17.6 Å². The van der Waals surface area contributed by atoms with Gasteiger partial charge in [-0.05, 0) is 48.9 Å². The Labute approximate surface area is 139 Å². The smallest absolute Gasteiger partial charge is 0.122 e. The van der Waals surface area contributed by atoms with Gasteiger partial charge in [-0.15, -0.1) is 0 Å². The Bertz CT molecular complexity index is 529. The maximum Gasteiger partial charge on any atom is 0.122 e. The number of hydrogen-bond acceptors (Lipinski definition) is 3. The fourth-order valence-electron chi connectivity index (χ4n) is 2.65. The zero-order valence-electron chi connectivity index (χ0n) is 14.1. The minimum absolute atomic E-state index is 0.782. The highest BCUT2D eigenvalue weighted by molar-refractivity contribution is 5.33. The van der Waals surface area contributed by atoms with Crippen LogP contribution in [0.25, 0.3) is 0 Å². The molecular weight excluding hydrogens is 288 g/mol. The van der Waals surface area contributed by atoms with E-state index in [1.165, 1.54) is 11.1 Å². The molecule has 0 atom stereocenters. The maximum atomic E-state index is 5.74. The Morgan fingerprint density at radius 2 is 1.09 bits per heavy atom. The number of benzene rings is 2. The fraction of sp³-hybridized carbons (Fsp3) is 0.400. The predicted octanol–water partition coefficient (Wildman–Crippen LogP) is 4.29. The summed E-state index contributed by atoms with van der Waals surface area (Å²) in [6.45, 7) is 1.56. The highest BCUT2D eigenvalue weighted by Crippen LogP contribution is 2.20. The molecule has 23 heavy (non-hydrogen) atoms. The van der Waals surface area contributed by atoms with Gasteiger partial charge in [0.1, 0.15) is 11.5 Å². The van der Waals surface area contributed by atoms with Crippen molar-refractivity contribution in [2.24, 2.45) is 0 Å². The van der Waals surface area contributed by atoms with Crippen molar-refractivity contribution < 1.29 is 14.2 Å². The summed E-state index contributed by atoms with van der Waals surface area (Å²) in [5.41, 5.74) is 2.49. The van der Waals surface area contributed by atoms with Crippen LogP contribution in [0.1, 0.15) is 24.0 Å². The Morgan fingerprint density at radius 1 is 0.652 bits per heavy atom. The predicted molar refractivity (Wildman–Crippen MR) is 93.4 cm³/mol. The van der Waals surface area contributed by atoms with Gasteiger partial charge in [0.25, 0.3) is 0 Å². The third-order valence-electron chi connectivity index (χ3n) is 3.85. The lowest BCUT2D eigenvalue weighted by atomic mass is 10.1. The minimum Gasteiger partial charge on any atom is -0.496 e. The zero-order chi connectivity index (χ0) is 16.3. The molecule has 0 saturated carbocycles. The molecule has 0 N–H and O–H groups in total. The second kappa shape index (κ2) is 9.90. The highest BCUT2D eigenvalue weighted by atomic mass is 16.5. The van der Waals surface area contributed by atoms with E-state index in [1.54, 1.807) is 14.2 Å². The van der Waals surface area contributed by atoms with Gasteiger partial charge in [0.15, 0.2) is 0 Å². The molecule has 124 valence electrons. The molecule has 0 radical (unpaired) electrons. The average Bonchev–Trinajstić information content (AvgIpc) is 2.61. The third kappa shape index (κ3) is 5.61. The molecule has 0 unspecified atom stereocenters. The Balaban J connectivity index is 1.61. The molecule has 0 spiro atoms. The van der Waals surface area contributed by atoms with Crippen LogP contribution < -0.4 is 9.47 Å². The molecule has 0 fully saturated rings. The first-order valence-corrected chi connectivity index (χ1v) is 8.16. The van der Waals surface area contributed by atoms with Gasteiger partial charge in [0.05, 0.1) is 14.2 Å². The largest absolute Gasteiger partial charge is 0.496 e. The summed E-state index contributed by atoms with van der Waals surface area (Å²) in [6.07, 6.45) is 3.98. The number of hydrogen-bond donors (Lipinski definition) is 0. The van der Waals surface area contributed by atoms with E-state index in [0.29, 0.717) is 0 Å². The highest BCUT2D eigenvalue weighted by Gasteiger charge is 2.02. The van der Waals surface area contributed by atoms with Crippen molar-refractivity contribution >= 4 is 0 Å². The van der Waals surface area contributed by atoms with Gasteiger partial charge in [-0.3, -0.25) is 0 Å². The van der Waals surface area contributed by atoms with Crippen molar-refractivity contribution in [1.29, 1.82) is 0 Å². The molecule has 0 heterocycles. The lowest BCUT2D eigenvalue weighted by molar-refractivity contribution is 0.129. The van der Waals surface area contributed by atoms with Crippen molar-refractivity contribution in [2.45, 2.75) is 25.7 Å². The van der Waals surface area contributed by atoms with Crippen LogP contribution >= 0.6 is 0 Å². The van der Waals surface area contributed by atoms with Crippen molar-refractivity contribution in [3.05, 3.63) is 59.7 Å². The summed E-state index contributed by atoms with van der Waals surface area (Å²) >= 11 is 0. The van der Waals surface area contributed by atoms with Gasteiger partial charge in [0, 0.05) is 13.2 Å². The van der Waals surface area contributed by atoms with E-state index in [4.69, 9.17) is 14.2 Å². The van der Waals surface area contributed by atoms with Crippen LogP contribution in [0.3, 0.4) is 0 Å². The Hall–Kier alpha value is -2.00. The number of methoxy groups -OCH3 is 2. The normalized spacial score (nSPS) is 10.5. The second-order valence-electron chi connectivity index (χ2n) is 5.44. The summed E-state index contributed by atoms with van der Waals surface area (Å²) in [5, 5.41) is 0. The van der Waals surface area contributed by atoms with E-state index >= 15 is 0 Å². The summed E-state index contributed by atoms with van der Waals surface area (Å²) in [5.74, 6) is 1.92. The molecule has 2 aromatic rings. The molecule has 0 amide bonds. The number of para-hydroxylation sites is 2. The van der Waals surface area contributed by atoms with Crippen LogP contribution in [0.5, 0.6) is 11.5 Å². The van der Waals surface area contributed by atoms with Crippen LogP contribution in [0, 0.1) is 0 Å². The molecule has 0 bridgehead atoms. The first-order valence-electron chi connectivity index (χ1n) is 8.16. The topological polar surface area (TPSA) is 27.7 Å². The van der Waals surface area contributed by atoms with Crippen molar-refractivity contribution in [3.8, 4) is 11.5 Å². The van der Waals surface area contributed by atoms with Crippen LogP contribution in [0.4, 0.5) is 0 Å². The standard InChI is InChI=1S/C20H26O3/c1-21-19-13-5-3-9-17(19)11-7-15-23-16-8-12-18-10-4-6-14-20(18)22-2/h3-6,9-10,13-14H,7-8,11-12,15-16H2,1-2H3. The van der Waals surface area contributed by atoms with Crippen LogP contribution in [0.15, 0.2) is 48.5 Å². The Morgan fingerprint density at radius 3 is 1.52 bits per heavy atom. The SMILES string of the molecule is COc1ccccc1CCCOCCCc1ccccc1OC. The molecule has 0 aliphatic rings. The van der Waals surface area contributed by atoms with Gasteiger partial charge >= 0.3 is 0 Å². The molecule has 0 saturated heterocycles. The third-order valence-corrected chi connectivity index (χ3v) is 3.85. The fourth-order valence-corrected chi connectivity index (χ4v) is 2.65. The van der Waals surface area contributed by atoms with E-state index in [-0.39, 0.29) is 0 Å². The van der Waals surface area contributed by atoms with Crippen LogP contribution in [0.2, 0.25) is 0 Å². The molecule has 0 aromatic heterocycles. The first-order chi connectivity index (χ1) is 11.3.